The zero-order chi connectivity index (χ0) is 13.9. The molecule has 0 aliphatic heterocycles. The molecule has 3 nitrogen and oxygen atoms in total. The highest BCUT2D eigenvalue weighted by molar-refractivity contribution is 7.90. The highest BCUT2D eigenvalue weighted by Gasteiger charge is 2.21. The van der Waals surface area contributed by atoms with E-state index < -0.39 is 9.84 Å². The molecule has 0 amide bonds. The van der Waals surface area contributed by atoms with Gasteiger partial charge in [0.2, 0.25) is 0 Å². The van der Waals surface area contributed by atoms with Crippen LogP contribution < -0.4 is 5.32 Å². The molecule has 0 aromatic heterocycles. The highest BCUT2D eigenvalue weighted by atomic mass is 32.2. The summed E-state index contributed by atoms with van der Waals surface area (Å²) in [7, 11) is -3.17. The van der Waals surface area contributed by atoms with Crippen molar-refractivity contribution in [1.29, 1.82) is 0 Å². The van der Waals surface area contributed by atoms with Crippen molar-refractivity contribution >= 4 is 15.5 Å². The SMILES string of the molecule is CC(Nc1ccccc1S(C)(=O)=O)C1CCCCC1. The minimum atomic E-state index is -3.17. The van der Waals surface area contributed by atoms with Gasteiger partial charge in [0.25, 0.3) is 0 Å². The van der Waals surface area contributed by atoms with Crippen LogP contribution in [0, 0.1) is 5.92 Å². The third kappa shape index (κ3) is 3.72. The van der Waals surface area contributed by atoms with Crippen molar-refractivity contribution in [3.8, 4) is 0 Å². The van der Waals surface area contributed by atoms with E-state index >= 15 is 0 Å². The van der Waals surface area contributed by atoms with Crippen LogP contribution in [0.2, 0.25) is 0 Å². The summed E-state index contributed by atoms with van der Waals surface area (Å²) in [6.07, 6.45) is 7.68. The Labute approximate surface area is 116 Å². The molecule has 0 bridgehead atoms. The number of hydrogen-bond acceptors (Lipinski definition) is 3. The fraction of sp³-hybridized carbons (Fsp3) is 0.600. The summed E-state index contributed by atoms with van der Waals surface area (Å²) in [5, 5.41) is 3.41. The van der Waals surface area contributed by atoms with Gasteiger partial charge in [-0.3, -0.25) is 0 Å². The third-order valence-electron chi connectivity index (χ3n) is 4.03. The molecule has 1 fully saturated rings. The zero-order valence-electron chi connectivity index (χ0n) is 11.7. The molecule has 2 rings (SSSR count). The van der Waals surface area contributed by atoms with Gasteiger partial charge in [0, 0.05) is 12.3 Å². The Hall–Kier alpha value is -1.03. The van der Waals surface area contributed by atoms with Gasteiger partial charge in [0.05, 0.1) is 10.6 Å². The maximum Gasteiger partial charge on any atom is 0.177 e. The van der Waals surface area contributed by atoms with Crippen molar-refractivity contribution in [2.45, 2.75) is 50.0 Å². The fourth-order valence-electron chi connectivity index (χ4n) is 2.91. The molecule has 0 spiro atoms. The molecule has 106 valence electrons. The summed E-state index contributed by atoms with van der Waals surface area (Å²) in [6.45, 7) is 2.16. The number of hydrogen-bond donors (Lipinski definition) is 1. The number of para-hydroxylation sites is 1. The van der Waals surface area contributed by atoms with Crippen molar-refractivity contribution < 1.29 is 8.42 Å². The highest BCUT2D eigenvalue weighted by Crippen LogP contribution is 2.29. The van der Waals surface area contributed by atoms with Gasteiger partial charge in [-0.1, -0.05) is 31.4 Å². The summed E-state index contributed by atoms with van der Waals surface area (Å²) in [4.78, 5) is 0.401. The van der Waals surface area contributed by atoms with Crippen LogP contribution in [0.4, 0.5) is 5.69 Å². The lowest BCUT2D eigenvalue weighted by molar-refractivity contribution is 0.328. The van der Waals surface area contributed by atoms with Gasteiger partial charge in [-0.25, -0.2) is 8.42 Å². The molecule has 1 aromatic rings. The van der Waals surface area contributed by atoms with Crippen LogP contribution >= 0.6 is 0 Å². The second-order valence-electron chi connectivity index (χ2n) is 5.60. The Morgan fingerprint density at radius 3 is 2.42 bits per heavy atom. The Bertz CT molecular complexity index is 519. The predicted octanol–water partition coefficient (Wildman–Crippen LogP) is 3.47. The summed E-state index contributed by atoms with van der Waals surface area (Å²) in [5.74, 6) is 0.654. The molecule has 1 N–H and O–H groups in total. The van der Waals surface area contributed by atoms with Gasteiger partial charge >= 0.3 is 0 Å². The minimum absolute atomic E-state index is 0.322. The van der Waals surface area contributed by atoms with E-state index in [1.54, 1.807) is 12.1 Å². The second-order valence-corrected chi connectivity index (χ2v) is 7.58. The van der Waals surface area contributed by atoms with Crippen molar-refractivity contribution in [2.75, 3.05) is 11.6 Å². The normalized spacial score (nSPS) is 19.1. The quantitative estimate of drug-likeness (QED) is 0.919. The first-order valence-corrected chi connectivity index (χ1v) is 8.93. The second kappa shape index (κ2) is 5.95. The summed E-state index contributed by atoms with van der Waals surface area (Å²) >= 11 is 0. The Kier molecular flexibility index (Phi) is 4.50. The number of sulfone groups is 1. The van der Waals surface area contributed by atoms with Crippen LogP contribution in [0.3, 0.4) is 0 Å². The lowest BCUT2D eigenvalue weighted by atomic mass is 9.84. The van der Waals surface area contributed by atoms with Gasteiger partial charge in [0.1, 0.15) is 0 Å². The Morgan fingerprint density at radius 1 is 1.16 bits per heavy atom. The maximum absolute atomic E-state index is 11.8. The van der Waals surface area contributed by atoms with E-state index in [1.807, 2.05) is 12.1 Å². The summed E-state index contributed by atoms with van der Waals surface area (Å²) in [6, 6.07) is 7.50. The third-order valence-corrected chi connectivity index (χ3v) is 5.18. The molecule has 4 heteroatoms. The molecule has 19 heavy (non-hydrogen) atoms. The van der Waals surface area contributed by atoms with Crippen molar-refractivity contribution in [2.24, 2.45) is 5.92 Å². The van der Waals surface area contributed by atoms with E-state index in [0.717, 1.165) is 5.69 Å². The van der Waals surface area contributed by atoms with Gasteiger partial charge in [-0.05, 0) is 37.8 Å². The largest absolute Gasteiger partial charge is 0.381 e. The van der Waals surface area contributed by atoms with Crippen LogP contribution in [0.15, 0.2) is 29.2 Å². The average Bonchev–Trinajstić information content (AvgIpc) is 2.39. The first kappa shape index (κ1) is 14.4. The molecule has 1 unspecified atom stereocenters. The summed E-state index contributed by atoms with van der Waals surface area (Å²) < 4.78 is 23.5. The van der Waals surface area contributed by atoms with Crippen LogP contribution in [0.1, 0.15) is 39.0 Å². The fourth-order valence-corrected chi connectivity index (χ4v) is 3.76. The monoisotopic (exact) mass is 281 g/mol. The standard InChI is InChI=1S/C15H23NO2S/c1-12(13-8-4-3-5-9-13)16-14-10-6-7-11-15(14)19(2,17)18/h6-7,10-13,16H,3-5,8-9H2,1-2H3. The maximum atomic E-state index is 11.8. The van der Waals surface area contributed by atoms with Gasteiger partial charge in [0.15, 0.2) is 9.84 Å². The van der Waals surface area contributed by atoms with E-state index in [1.165, 1.54) is 38.4 Å². The number of benzene rings is 1. The molecular formula is C15H23NO2S. The number of nitrogens with one attached hydrogen (secondary N) is 1. The molecule has 0 saturated heterocycles. The van der Waals surface area contributed by atoms with Gasteiger partial charge in [-0.15, -0.1) is 0 Å². The molecular weight excluding hydrogens is 258 g/mol. The molecule has 1 aliphatic carbocycles. The first-order valence-electron chi connectivity index (χ1n) is 7.04. The Morgan fingerprint density at radius 2 is 1.79 bits per heavy atom. The van der Waals surface area contributed by atoms with Gasteiger partial charge < -0.3 is 5.32 Å². The van der Waals surface area contributed by atoms with E-state index in [2.05, 4.69) is 12.2 Å². The Balaban J connectivity index is 2.14. The smallest absolute Gasteiger partial charge is 0.177 e. The van der Waals surface area contributed by atoms with Crippen molar-refractivity contribution in [3.63, 3.8) is 0 Å². The van der Waals surface area contributed by atoms with E-state index in [-0.39, 0.29) is 0 Å². The van der Waals surface area contributed by atoms with E-state index in [9.17, 15) is 8.42 Å². The van der Waals surface area contributed by atoms with E-state index in [4.69, 9.17) is 0 Å². The summed E-state index contributed by atoms with van der Waals surface area (Å²) in [5.41, 5.74) is 0.739. The molecule has 1 saturated carbocycles. The average molecular weight is 281 g/mol. The van der Waals surface area contributed by atoms with E-state index in [0.29, 0.717) is 16.9 Å². The molecule has 1 aromatic carbocycles. The van der Waals surface area contributed by atoms with Crippen LogP contribution in [-0.2, 0) is 9.84 Å². The zero-order valence-corrected chi connectivity index (χ0v) is 12.5. The molecule has 0 heterocycles. The minimum Gasteiger partial charge on any atom is -0.381 e. The topological polar surface area (TPSA) is 46.2 Å². The lowest BCUT2D eigenvalue weighted by Crippen LogP contribution is -2.28. The van der Waals surface area contributed by atoms with Crippen LogP contribution in [0.5, 0.6) is 0 Å². The van der Waals surface area contributed by atoms with Gasteiger partial charge in [-0.2, -0.15) is 0 Å². The lowest BCUT2D eigenvalue weighted by Gasteiger charge is -2.29. The van der Waals surface area contributed by atoms with Crippen LogP contribution in [-0.4, -0.2) is 20.7 Å². The first-order chi connectivity index (χ1) is 8.98. The molecule has 0 radical (unpaired) electrons. The number of rotatable bonds is 4. The number of anilines is 1. The predicted molar refractivity (Wildman–Crippen MR) is 79.2 cm³/mol. The molecule has 1 atom stereocenters. The molecule has 1 aliphatic rings. The van der Waals surface area contributed by atoms with Crippen LogP contribution in [0.25, 0.3) is 0 Å². The van der Waals surface area contributed by atoms with Crippen molar-refractivity contribution in [1.82, 2.24) is 0 Å². The van der Waals surface area contributed by atoms with Crippen molar-refractivity contribution in [3.05, 3.63) is 24.3 Å².